The van der Waals surface area contributed by atoms with E-state index in [1.165, 1.54) is 28.6 Å². The molecule has 2 heterocycles. The Hall–Kier alpha value is -1.82. The molecular weight excluding hydrogens is 378 g/mol. The average Bonchev–Trinajstić information content (AvgIpc) is 3.22. The zero-order valence-corrected chi connectivity index (χ0v) is 17.4. The number of thiophene rings is 1. The van der Waals surface area contributed by atoms with Crippen LogP contribution < -0.4 is 10.6 Å². The number of rotatable bonds is 5. The lowest BCUT2D eigenvalue weighted by molar-refractivity contribution is 0.102. The van der Waals surface area contributed by atoms with Gasteiger partial charge >= 0.3 is 0 Å². The fourth-order valence-electron chi connectivity index (χ4n) is 3.76. The van der Waals surface area contributed by atoms with Crippen molar-refractivity contribution in [2.24, 2.45) is 0 Å². The summed E-state index contributed by atoms with van der Waals surface area (Å²) in [6.45, 7) is 5.30. The molecular formula is C21H26ClN3OS. The molecule has 1 atom stereocenters. The van der Waals surface area contributed by atoms with E-state index in [1.54, 1.807) is 11.3 Å². The Bertz CT molecular complexity index is 946. The molecule has 1 unspecified atom stereocenters. The smallest absolute Gasteiger partial charge is 0.256 e. The molecule has 0 aliphatic heterocycles. The average molecular weight is 404 g/mol. The SMILES string of the molecule is CCCNC1CCc2[nH]c3ccc(C(=O)Nc4cc(C)cs4)cc3c2C1.Cl. The number of hydrogen-bond donors (Lipinski definition) is 3. The van der Waals surface area contributed by atoms with Crippen LogP contribution in [0, 0.1) is 6.92 Å². The minimum atomic E-state index is -0.0415. The number of amides is 1. The first-order chi connectivity index (χ1) is 12.6. The summed E-state index contributed by atoms with van der Waals surface area (Å²) in [6, 6.07) is 8.53. The van der Waals surface area contributed by atoms with Crippen LogP contribution in [0.3, 0.4) is 0 Å². The molecule has 1 amide bonds. The van der Waals surface area contributed by atoms with Gasteiger partial charge in [0.05, 0.1) is 5.00 Å². The highest BCUT2D eigenvalue weighted by Crippen LogP contribution is 2.30. The Morgan fingerprint density at radius 3 is 2.93 bits per heavy atom. The van der Waals surface area contributed by atoms with Crippen LogP contribution in [-0.2, 0) is 12.8 Å². The van der Waals surface area contributed by atoms with E-state index in [1.807, 2.05) is 36.6 Å². The molecule has 27 heavy (non-hydrogen) atoms. The molecule has 0 spiro atoms. The van der Waals surface area contributed by atoms with Crippen LogP contribution in [0.5, 0.6) is 0 Å². The van der Waals surface area contributed by atoms with Crippen molar-refractivity contribution in [3.63, 3.8) is 0 Å². The van der Waals surface area contributed by atoms with Gasteiger partial charge < -0.3 is 15.6 Å². The standard InChI is InChI=1S/C21H25N3OS.ClH/c1-3-8-22-15-5-7-19-17(11-15)16-10-14(4-6-18(16)23-19)21(25)24-20-9-13(2)12-26-20;/h4,6,9-10,12,15,22-23H,3,5,7-8,11H2,1-2H3,(H,24,25);1H. The number of benzene rings is 1. The first kappa shape index (κ1) is 19.9. The van der Waals surface area contributed by atoms with Crippen molar-refractivity contribution in [2.75, 3.05) is 11.9 Å². The molecule has 3 aromatic rings. The lowest BCUT2D eigenvalue weighted by atomic mass is 9.91. The van der Waals surface area contributed by atoms with Gasteiger partial charge in [0, 0.05) is 28.2 Å². The maximum absolute atomic E-state index is 12.6. The first-order valence-corrected chi connectivity index (χ1v) is 10.3. The molecule has 0 bridgehead atoms. The summed E-state index contributed by atoms with van der Waals surface area (Å²) < 4.78 is 0. The summed E-state index contributed by atoms with van der Waals surface area (Å²) in [7, 11) is 0. The number of carbonyl (C=O) groups excluding carboxylic acids is 1. The molecule has 144 valence electrons. The number of anilines is 1. The molecule has 4 rings (SSSR count). The highest BCUT2D eigenvalue weighted by molar-refractivity contribution is 7.14. The number of halogens is 1. The van der Waals surface area contributed by atoms with E-state index in [4.69, 9.17) is 0 Å². The fraction of sp³-hybridized carbons (Fsp3) is 0.381. The molecule has 0 fully saturated rings. The van der Waals surface area contributed by atoms with Crippen molar-refractivity contribution in [3.8, 4) is 0 Å². The summed E-state index contributed by atoms with van der Waals surface area (Å²) in [6.07, 6.45) is 4.43. The quantitative estimate of drug-likeness (QED) is 0.557. The van der Waals surface area contributed by atoms with E-state index in [0.29, 0.717) is 11.6 Å². The number of carbonyl (C=O) groups is 1. The molecule has 3 N–H and O–H groups in total. The van der Waals surface area contributed by atoms with Crippen molar-refractivity contribution >= 4 is 45.6 Å². The van der Waals surface area contributed by atoms with E-state index in [2.05, 4.69) is 22.5 Å². The van der Waals surface area contributed by atoms with Gasteiger partial charge in [0.1, 0.15) is 0 Å². The Balaban J connectivity index is 0.00000210. The van der Waals surface area contributed by atoms with E-state index in [0.717, 1.165) is 36.3 Å². The summed E-state index contributed by atoms with van der Waals surface area (Å²) in [5.74, 6) is -0.0415. The van der Waals surface area contributed by atoms with Gasteiger partial charge in [-0.25, -0.2) is 0 Å². The number of aromatic nitrogens is 1. The molecule has 1 aromatic carbocycles. The number of nitrogens with one attached hydrogen (secondary N) is 3. The number of hydrogen-bond acceptors (Lipinski definition) is 3. The number of H-pyrrole nitrogens is 1. The van der Waals surface area contributed by atoms with Gasteiger partial charge in [-0.3, -0.25) is 4.79 Å². The van der Waals surface area contributed by atoms with Gasteiger partial charge in [-0.1, -0.05) is 6.92 Å². The third-order valence-corrected chi connectivity index (χ3v) is 6.06. The van der Waals surface area contributed by atoms with Crippen molar-refractivity contribution in [2.45, 2.75) is 45.6 Å². The summed E-state index contributed by atoms with van der Waals surface area (Å²) in [4.78, 5) is 16.2. The van der Waals surface area contributed by atoms with E-state index in [-0.39, 0.29) is 18.3 Å². The molecule has 1 aliphatic rings. The molecule has 0 saturated heterocycles. The normalized spacial score (nSPS) is 16.0. The van der Waals surface area contributed by atoms with Crippen LogP contribution >= 0.6 is 23.7 Å². The van der Waals surface area contributed by atoms with Gasteiger partial charge in [0.2, 0.25) is 0 Å². The predicted molar refractivity (Wildman–Crippen MR) is 117 cm³/mol. The lowest BCUT2D eigenvalue weighted by Crippen LogP contribution is -2.34. The zero-order valence-electron chi connectivity index (χ0n) is 15.7. The van der Waals surface area contributed by atoms with Gasteiger partial charge in [-0.2, -0.15) is 0 Å². The van der Waals surface area contributed by atoms with E-state index < -0.39 is 0 Å². The Kier molecular flexibility index (Phi) is 6.25. The molecule has 2 aromatic heterocycles. The van der Waals surface area contributed by atoms with Crippen LogP contribution in [0.4, 0.5) is 5.00 Å². The fourth-order valence-corrected chi connectivity index (χ4v) is 4.55. The number of aromatic amines is 1. The van der Waals surface area contributed by atoms with Crippen molar-refractivity contribution < 1.29 is 4.79 Å². The molecule has 4 nitrogen and oxygen atoms in total. The summed E-state index contributed by atoms with van der Waals surface area (Å²) >= 11 is 1.56. The van der Waals surface area contributed by atoms with Crippen molar-refractivity contribution in [1.82, 2.24) is 10.3 Å². The molecule has 0 saturated carbocycles. The van der Waals surface area contributed by atoms with Crippen LogP contribution in [0.25, 0.3) is 10.9 Å². The third kappa shape index (κ3) is 4.21. The second-order valence-corrected chi connectivity index (χ2v) is 8.09. The molecule has 0 radical (unpaired) electrons. The predicted octanol–water partition coefficient (Wildman–Crippen LogP) is 5.07. The highest BCUT2D eigenvalue weighted by atomic mass is 35.5. The first-order valence-electron chi connectivity index (χ1n) is 9.37. The minimum Gasteiger partial charge on any atom is -0.358 e. The van der Waals surface area contributed by atoms with Crippen LogP contribution in [0.2, 0.25) is 0 Å². The second-order valence-electron chi connectivity index (χ2n) is 7.18. The van der Waals surface area contributed by atoms with Crippen molar-refractivity contribution in [1.29, 1.82) is 0 Å². The van der Waals surface area contributed by atoms with Crippen LogP contribution in [0.15, 0.2) is 29.6 Å². The van der Waals surface area contributed by atoms with Crippen molar-refractivity contribution in [3.05, 3.63) is 52.0 Å². The summed E-state index contributed by atoms with van der Waals surface area (Å²) in [5, 5.41) is 10.8. The maximum Gasteiger partial charge on any atom is 0.256 e. The van der Waals surface area contributed by atoms with E-state index in [9.17, 15) is 4.79 Å². The van der Waals surface area contributed by atoms with Gasteiger partial charge in [0.15, 0.2) is 0 Å². The van der Waals surface area contributed by atoms with E-state index >= 15 is 0 Å². The number of aryl methyl sites for hydroxylation is 2. The lowest BCUT2D eigenvalue weighted by Gasteiger charge is -2.23. The third-order valence-electron chi connectivity index (χ3n) is 5.10. The second kappa shape index (κ2) is 8.46. The topological polar surface area (TPSA) is 56.9 Å². The monoisotopic (exact) mass is 403 g/mol. The minimum absolute atomic E-state index is 0. The number of fused-ring (bicyclic) bond motifs is 3. The van der Waals surface area contributed by atoms with Crippen LogP contribution in [0.1, 0.15) is 46.9 Å². The zero-order chi connectivity index (χ0) is 18.1. The Morgan fingerprint density at radius 1 is 1.33 bits per heavy atom. The largest absolute Gasteiger partial charge is 0.358 e. The van der Waals surface area contributed by atoms with Gasteiger partial charge in [-0.05, 0) is 79.9 Å². The van der Waals surface area contributed by atoms with Gasteiger partial charge in [0.25, 0.3) is 5.91 Å². The molecule has 1 aliphatic carbocycles. The maximum atomic E-state index is 12.6. The van der Waals surface area contributed by atoms with Crippen LogP contribution in [-0.4, -0.2) is 23.5 Å². The van der Waals surface area contributed by atoms with Gasteiger partial charge in [-0.15, -0.1) is 23.7 Å². The highest BCUT2D eigenvalue weighted by Gasteiger charge is 2.22. The molecule has 6 heteroatoms. The Morgan fingerprint density at radius 2 is 2.19 bits per heavy atom. The Labute approximate surface area is 170 Å². The summed E-state index contributed by atoms with van der Waals surface area (Å²) in [5.41, 5.74) is 5.73.